The number of hydrogen-bond acceptors (Lipinski definition) is 8. The van der Waals surface area contributed by atoms with Crippen molar-refractivity contribution >= 4 is 28.0 Å². The van der Waals surface area contributed by atoms with Gasteiger partial charge in [0.05, 0.1) is 18.8 Å². The zero-order valence-electron chi connectivity index (χ0n) is 15.5. The van der Waals surface area contributed by atoms with Crippen LogP contribution in [0.1, 0.15) is 21.7 Å². The van der Waals surface area contributed by atoms with Crippen LogP contribution in [0.5, 0.6) is 0 Å². The molecule has 2 heterocycles. The number of aryl methyl sites for hydroxylation is 2. The molecule has 2 N–H and O–H groups in total. The number of amides is 2. The smallest absolute Gasteiger partial charge is 0.339 e. The number of carbonyl (C=O) groups excluding carboxylic acids is 2. The van der Waals surface area contributed by atoms with Gasteiger partial charge in [0.1, 0.15) is 11.0 Å². The summed E-state index contributed by atoms with van der Waals surface area (Å²) in [6.07, 6.45) is -0.416. The molecular formula is C17H18CrN4O6S. The van der Waals surface area contributed by atoms with Crippen molar-refractivity contribution in [1.82, 2.24) is 14.7 Å². The Morgan fingerprint density at radius 1 is 1.14 bits per heavy atom. The van der Waals surface area contributed by atoms with Crippen molar-refractivity contribution in [3.8, 4) is 0 Å². The molecular weight excluding hydrogens is 440 g/mol. The SMILES string of the molecule is Cc1cc(C)nc(NC(=O)NS(=O)(=O)c2ccccc2C(=O)OC2COC2)n1.[Cr]. The van der Waals surface area contributed by atoms with Gasteiger partial charge in [-0.3, -0.25) is 5.32 Å². The third-order valence-corrected chi connectivity index (χ3v) is 5.10. The number of carbonyl (C=O) groups is 2. The van der Waals surface area contributed by atoms with Crippen LogP contribution in [-0.4, -0.2) is 49.7 Å². The van der Waals surface area contributed by atoms with Crippen LogP contribution in [-0.2, 0) is 36.9 Å². The molecule has 2 aromatic rings. The number of hydrogen-bond donors (Lipinski definition) is 2. The molecule has 29 heavy (non-hydrogen) atoms. The standard InChI is InChI=1S/C17H18N4O6S.Cr/c1-10-7-11(2)19-16(18-10)20-17(23)21-28(24,25)14-6-4-3-5-13(14)15(22)27-12-8-26-9-12;/h3-7,12H,8-9H2,1-2H3,(H2,18,19,20,21,23);. The van der Waals surface area contributed by atoms with Gasteiger partial charge in [-0.15, -0.1) is 0 Å². The Balaban J connectivity index is 0.00000300. The second kappa shape index (κ2) is 9.32. The summed E-state index contributed by atoms with van der Waals surface area (Å²) in [7, 11) is -4.35. The monoisotopic (exact) mass is 458 g/mol. The van der Waals surface area contributed by atoms with Gasteiger partial charge in [-0.25, -0.2) is 32.7 Å². The number of esters is 1. The zero-order chi connectivity index (χ0) is 20.3. The van der Waals surface area contributed by atoms with Crippen LogP contribution in [0.15, 0.2) is 35.2 Å². The molecule has 1 aliphatic heterocycles. The van der Waals surface area contributed by atoms with Crippen LogP contribution in [0, 0.1) is 13.8 Å². The molecule has 0 atom stereocenters. The Kier molecular flexibility index (Phi) is 7.32. The number of anilines is 1. The fourth-order valence-corrected chi connectivity index (χ4v) is 3.56. The Morgan fingerprint density at radius 2 is 1.76 bits per heavy atom. The fraction of sp³-hybridized carbons (Fsp3) is 0.294. The molecule has 3 rings (SSSR count). The molecule has 10 nitrogen and oxygen atoms in total. The van der Waals surface area contributed by atoms with E-state index in [1.807, 2.05) is 4.72 Å². The summed E-state index contributed by atoms with van der Waals surface area (Å²) in [5.41, 5.74) is 1.04. The molecule has 1 aliphatic rings. The van der Waals surface area contributed by atoms with E-state index in [9.17, 15) is 18.0 Å². The van der Waals surface area contributed by atoms with E-state index in [1.54, 1.807) is 19.9 Å². The number of sulfonamides is 1. The first-order chi connectivity index (χ1) is 13.2. The first-order valence-corrected chi connectivity index (χ1v) is 9.77. The minimum atomic E-state index is -4.35. The molecule has 0 aliphatic carbocycles. The van der Waals surface area contributed by atoms with Crippen molar-refractivity contribution in [2.75, 3.05) is 18.5 Å². The number of urea groups is 1. The zero-order valence-corrected chi connectivity index (χ0v) is 17.6. The molecule has 154 valence electrons. The van der Waals surface area contributed by atoms with Crippen LogP contribution in [0.25, 0.3) is 0 Å². The van der Waals surface area contributed by atoms with Gasteiger partial charge in [0.15, 0.2) is 0 Å². The third kappa shape index (κ3) is 5.74. The van der Waals surface area contributed by atoms with Crippen molar-refractivity contribution in [2.24, 2.45) is 0 Å². The molecule has 0 bridgehead atoms. The van der Waals surface area contributed by atoms with Gasteiger partial charge in [0.25, 0.3) is 10.0 Å². The average Bonchev–Trinajstić information content (AvgIpc) is 2.56. The summed E-state index contributed by atoms with van der Waals surface area (Å²) >= 11 is 0. The van der Waals surface area contributed by atoms with Crippen molar-refractivity contribution in [1.29, 1.82) is 0 Å². The number of aromatic nitrogens is 2. The molecule has 0 spiro atoms. The van der Waals surface area contributed by atoms with E-state index in [1.165, 1.54) is 24.3 Å². The number of benzene rings is 1. The Hall–Kier alpha value is -2.52. The van der Waals surface area contributed by atoms with Crippen LogP contribution < -0.4 is 10.0 Å². The number of rotatable bonds is 5. The second-order valence-electron chi connectivity index (χ2n) is 6.09. The molecule has 12 heteroatoms. The predicted octanol–water partition coefficient (Wildman–Crippen LogP) is 1.16. The predicted molar refractivity (Wildman–Crippen MR) is 97.3 cm³/mol. The fourth-order valence-electron chi connectivity index (χ4n) is 2.45. The summed E-state index contributed by atoms with van der Waals surface area (Å²) < 4.78 is 37.2. The van der Waals surface area contributed by atoms with Gasteiger partial charge in [0, 0.05) is 28.7 Å². The summed E-state index contributed by atoms with van der Waals surface area (Å²) in [4.78, 5) is 32.0. The summed E-state index contributed by atoms with van der Waals surface area (Å²) in [6.45, 7) is 3.95. The molecule has 2 amide bonds. The maximum atomic E-state index is 12.6. The molecule has 0 radical (unpaired) electrons. The first-order valence-electron chi connectivity index (χ1n) is 8.28. The minimum absolute atomic E-state index is 0. The maximum Gasteiger partial charge on any atom is 0.339 e. The van der Waals surface area contributed by atoms with Crippen LogP contribution in [0.3, 0.4) is 0 Å². The van der Waals surface area contributed by atoms with Gasteiger partial charge < -0.3 is 9.47 Å². The van der Waals surface area contributed by atoms with E-state index < -0.39 is 28.1 Å². The van der Waals surface area contributed by atoms with Crippen molar-refractivity contribution in [3.63, 3.8) is 0 Å². The second-order valence-corrected chi connectivity index (χ2v) is 7.75. The minimum Gasteiger partial charge on any atom is -0.454 e. The van der Waals surface area contributed by atoms with E-state index in [0.717, 1.165) is 0 Å². The van der Waals surface area contributed by atoms with Gasteiger partial charge in [-0.2, -0.15) is 0 Å². The van der Waals surface area contributed by atoms with Crippen LogP contribution in [0.4, 0.5) is 10.7 Å². The first kappa shape index (κ1) is 22.8. The number of nitrogens with zero attached hydrogens (tertiary/aromatic N) is 2. The van der Waals surface area contributed by atoms with E-state index in [-0.39, 0.29) is 47.0 Å². The van der Waals surface area contributed by atoms with Crippen LogP contribution in [0.2, 0.25) is 0 Å². The Bertz CT molecular complexity index is 1010. The van der Waals surface area contributed by atoms with Crippen molar-refractivity contribution in [2.45, 2.75) is 24.8 Å². The van der Waals surface area contributed by atoms with E-state index in [0.29, 0.717) is 11.4 Å². The summed E-state index contributed by atoms with van der Waals surface area (Å²) in [5.74, 6) is -0.852. The van der Waals surface area contributed by atoms with Gasteiger partial charge in [-0.05, 0) is 32.0 Å². The normalized spacial score (nSPS) is 13.6. The third-order valence-electron chi connectivity index (χ3n) is 3.71. The molecule has 1 aromatic carbocycles. The molecule has 0 saturated carbocycles. The van der Waals surface area contributed by atoms with E-state index in [4.69, 9.17) is 9.47 Å². The number of ether oxygens (including phenoxy) is 2. The largest absolute Gasteiger partial charge is 0.454 e. The molecule has 1 fully saturated rings. The Labute approximate surface area is 178 Å². The van der Waals surface area contributed by atoms with Crippen molar-refractivity contribution in [3.05, 3.63) is 47.3 Å². The quantitative estimate of drug-likeness (QED) is 0.637. The Morgan fingerprint density at radius 3 is 2.34 bits per heavy atom. The van der Waals surface area contributed by atoms with Gasteiger partial charge in [-0.1, -0.05) is 12.1 Å². The topological polar surface area (TPSA) is 137 Å². The maximum absolute atomic E-state index is 12.6. The van der Waals surface area contributed by atoms with Crippen LogP contribution >= 0.6 is 0 Å². The van der Waals surface area contributed by atoms with Gasteiger partial charge >= 0.3 is 12.0 Å². The summed E-state index contributed by atoms with van der Waals surface area (Å²) in [6, 6.07) is 6.09. The van der Waals surface area contributed by atoms with E-state index in [2.05, 4.69) is 15.3 Å². The van der Waals surface area contributed by atoms with Gasteiger partial charge in [0.2, 0.25) is 5.95 Å². The average molecular weight is 458 g/mol. The van der Waals surface area contributed by atoms with E-state index >= 15 is 0 Å². The molecule has 0 unspecified atom stereocenters. The number of nitrogens with one attached hydrogen (secondary N) is 2. The summed E-state index contributed by atoms with van der Waals surface area (Å²) in [5, 5.41) is 2.26. The molecule has 1 saturated heterocycles. The molecule has 1 aromatic heterocycles. The van der Waals surface area contributed by atoms with Crippen molar-refractivity contribution < 1.29 is 44.8 Å².